The Balaban J connectivity index is 1.41. The van der Waals surface area contributed by atoms with Gasteiger partial charge in [0.25, 0.3) is 0 Å². The fraction of sp³-hybridized carbons (Fsp3) is 0.300. The number of esters is 1. The molecule has 0 bridgehead atoms. The Hall–Kier alpha value is -3.80. The van der Waals surface area contributed by atoms with Gasteiger partial charge >= 0.3 is 5.97 Å². The monoisotopic (exact) mass is 490 g/mol. The molecule has 1 aromatic heterocycles. The van der Waals surface area contributed by atoms with Crippen molar-refractivity contribution in [3.63, 3.8) is 0 Å². The minimum atomic E-state index is -0.507. The molecular weight excluding hydrogens is 459 g/mol. The molecule has 188 valence electrons. The topological polar surface area (TPSA) is 57.9 Å². The predicted octanol–water partition coefficient (Wildman–Crippen LogP) is 7.14. The first-order chi connectivity index (χ1) is 17.5. The first-order valence-electron chi connectivity index (χ1n) is 12.2. The number of aryl methyl sites for hydroxylation is 1. The maximum absolute atomic E-state index is 14.4. The molecule has 0 aliphatic heterocycles. The number of methoxy groups -OCH3 is 1. The molecule has 36 heavy (non-hydrogen) atoms. The Morgan fingerprint density at radius 2 is 1.83 bits per heavy atom. The molecule has 6 heteroatoms. The summed E-state index contributed by atoms with van der Waals surface area (Å²) < 4.78 is 36.9. The highest BCUT2D eigenvalue weighted by Gasteiger charge is 2.17. The molecule has 0 saturated heterocycles. The molecule has 0 radical (unpaired) electrons. The number of carbonyl (C=O) groups is 1. The van der Waals surface area contributed by atoms with Crippen molar-refractivity contribution in [3.05, 3.63) is 83.9 Å². The predicted molar refractivity (Wildman–Crippen MR) is 138 cm³/mol. The molecule has 5 nitrogen and oxygen atoms in total. The Morgan fingerprint density at radius 3 is 2.56 bits per heavy atom. The van der Waals surface area contributed by atoms with Gasteiger partial charge in [-0.25, -0.2) is 4.39 Å². The number of furan rings is 1. The van der Waals surface area contributed by atoms with E-state index >= 15 is 0 Å². The molecule has 4 aromatic rings. The lowest BCUT2D eigenvalue weighted by molar-refractivity contribution is -0.139. The van der Waals surface area contributed by atoms with E-state index in [-0.39, 0.29) is 18.3 Å². The van der Waals surface area contributed by atoms with Gasteiger partial charge in [0, 0.05) is 22.9 Å². The highest BCUT2D eigenvalue weighted by molar-refractivity contribution is 5.96. The number of ether oxygens (including phenoxy) is 3. The molecule has 0 aliphatic rings. The molecule has 0 fully saturated rings. The normalized spacial score (nSPS) is 11.9. The van der Waals surface area contributed by atoms with Crippen LogP contribution in [0, 0.1) is 5.82 Å². The Labute approximate surface area is 210 Å². The van der Waals surface area contributed by atoms with Crippen LogP contribution in [-0.4, -0.2) is 25.8 Å². The molecule has 0 spiro atoms. The molecule has 1 atom stereocenters. The third kappa shape index (κ3) is 5.88. The molecule has 1 heterocycles. The second-order valence-corrected chi connectivity index (χ2v) is 8.77. The summed E-state index contributed by atoms with van der Waals surface area (Å²) in [6.45, 7) is 4.39. The van der Waals surface area contributed by atoms with Gasteiger partial charge < -0.3 is 18.6 Å². The zero-order chi connectivity index (χ0) is 25.5. The van der Waals surface area contributed by atoms with Gasteiger partial charge in [0.05, 0.1) is 32.5 Å². The number of hydrogen-bond acceptors (Lipinski definition) is 5. The number of hydrogen-bond donors (Lipinski definition) is 0. The van der Waals surface area contributed by atoms with E-state index in [2.05, 4.69) is 23.8 Å². The smallest absolute Gasteiger partial charge is 0.309 e. The SMILES string of the molecule is CCCc1c(OC(C)CCOc2ccc(CC(=O)OC)cc2F)ccc2c(-c3ccccc3)coc12. The minimum absolute atomic E-state index is 0.0194. The summed E-state index contributed by atoms with van der Waals surface area (Å²) in [5.74, 6) is 0.0188. The van der Waals surface area contributed by atoms with Crippen molar-refractivity contribution in [1.29, 1.82) is 0 Å². The maximum Gasteiger partial charge on any atom is 0.309 e. The number of rotatable bonds is 11. The van der Waals surface area contributed by atoms with Crippen molar-refractivity contribution >= 4 is 16.9 Å². The van der Waals surface area contributed by atoms with E-state index in [1.165, 1.54) is 19.2 Å². The van der Waals surface area contributed by atoms with Gasteiger partial charge in [-0.2, -0.15) is 0 Å². The van der Waals surface area contributed by atoms with E-state index in [9.17, 15) is 9.18 Å². The van der Waals surface area contributed by atoms with Crippen molar-refractivity contribution in [3.8, 4) is 22.6 Å². The fourth-order valence-corrected chi connectivity index (χ4v) is 4.20. The Kier molecular flexibility index (Phi) is 8.26. The van der Waals surface area contributed by atoms with E-state index in [0.717, 1.165) is 46.3 Å². The molecule has 0 N–H and O–H groups in total. The fourth-order valence-electron chi connectivity index (χ4n) is 4.20. The van der Waals surface area contributed by atoms with Crippen molar-refractivity contribution in [1.82, 2.24) is 0 Å². The molecular formula is C30H31FO5. The van der Waals surface area contributed by atoms with E-state index in [4.69, 9.17) is 13.9 Å². The molecule has 1 unspecified atom stereocenters. The number of carbonyl (C=O) groups excluding carboxylic acids is 1. The molecule has 0 amide bonds. The first-order valence-corrected chi connectivity index (χ1v) is 12.2. The highest BCUT2D eigenvalue weighted by atomic mass is 19.1. The highest BCUT2D eigenvalue weighted by Crippen LogP contribution is 2.37. The lowest BCUT2D eigenvalue weighted by Gasteiger charge is -2.18. The van der Waals surface area contributed by atoms with Crippen LogP contribution in [0.3, 0.4) is 0 Å². The second kappa shape index (κ2) is 11.8. The van der Waals surface area contributed by atoms with Crippen molar-refractivity contribution in [2.45, 2.75) is 45.6 Å². The van der Waals surface area contributed by atoms with Gasteiger partial charge in [-0.15, -0.1) is 0 Å². The number of halogens is 1. The standard InChI is InChI=1S/C30H31FO5/c1-4-8-24-27(14-12-23-25(19-35-30(23)24)22-9-6-5-7-10-22)36-20(2)15-16-34-28-13-11-21(17-26(28)31)18-29(32)33-3/h5-7,9-14,17,19-20H,4,8,15-16,18H2,1-3H3. The van der Waals surface area contributed by atoms with Crippen LogP contribution in [0.4, 0.5) is 4.39 Å². The third-order valence-corrected chi connectivity index (χ3v) is 6.07. The lowest BCUT2D eigenvalue weighted by Crippen LogP contribution is -2.17. The van der Waals surface area contributed by atoms with Crippen LogP contribution < -0.4 is 9.47 Å². The summed E-state index contributed by atoms with van der Waals surface area (Å²) in [6.07, 6.45) is 4.04. The number of fused-ring (bicyclic) bond motifs is 1. The van der Waals surface area contributed by atoms with Gasteiger partial charge in [0.15, 0.2) is 11.6 Å². The van der Waals surface area contributed by atoms with Crippen LogP contribution in [-0.2, 0) is 22.4 Å². The van der Waals surface area contributed by atoms with Crippen molar-refractivity contribution in [2.75, 3.05) is 13.7 Å². The Morgan fingerprint density at radius 1 is 1.06 bits per heavy atom. The zero-order valence-electron chi connectivity index (χ0n) is 20.9. The van der Waals surface area contributed by atoms with Crippen molar-refractivity contribution < 1.29 is 27.8 Å². The summed E-state index contributed by atoms with van der Waals surface area (Å²) in [4.78, 5) is 11.4. The summed E-state index contributed by atoms with van der Waals surface area (Å²) in [5, 5.41) is 1.07. The van der Waals surface area contributed by atoms with Gasteiger partial charge in [-0.05, 0) is 48.7 Å². The summed E-state index contributed by atoms with van der Waals surface area (Å²) in [6, 6.07) is 18.7. The van der Waals surface area contributed by atoms with E-state index in [1.807, 2.05) is 43.5 Å². The zero-order valence-corrected chi connectivity index (χ0v) is 20.9. The average molecular weight is 491 g/mol. The Bertz CT molecular complexity index is 1310. The summed E-state index contributed by atoms with van der Waals surface area (Å²) in [5.41, 5.74) is 4.62. The maximum atomic E-state index is 14.4. The number of benzene rings is 3. The third-order valence-electron chi connectivity index (χ3n) is 6.07. The van der Waals surface area contributed by atoms with Gasteiger partial charge in [-0.3, -0.25) is 4.79 Å². The molecule has 3 aromatic carbocycles. The molecule has 0 saturated carbocycles. The van der Waals surface area contributed by atoms with Crippen LogP contribution in [0.1, 0.15) is 37.8 Å². The second-order valence-electron chi connectivity index (χ2n) is 8.77. The van der Waals surface area contributed by atoms with Gasteiger partial charge in [0.2, 0.25) is 0 Å². The van der Waals surface area contributed by atoms with Crippen LogP contribution >= 0.6 is 0 Å². The van der Waals surface area contributed by atoms with Crippen LogP contribution in [0.15, 0.2) is 71.3 Å². The minimum Gasteiger partial charge on any atom is -0.490 e. The average Bonchev–Trinajstić information content (AvgIpc) is 3.31. The van der Waals surface area contributed by atoms with Crippen LogP contribution in [0.5, 0.6) is 11.5 Å². The van der Waals surface area contributed by atoms with Gasteiger partial charge in [-0.1, -0.05) is 49.7 Å². The summed E-state index contributed by atoms with van der Waals surface area (Å²) in [7, 11) is 1.30. The first kappa shape index (κ1) is 25.3. The van der Waals surface area contributed by atoms with Crippen LogP contribution in [0.2, 0.25) is 0 Å². The van der Waals surface area contributed by atoms with Crippen molar-refractivity contribution in [2.24, 2.45) is 0 Å². The molecule has 4 rings (SSSR count). The largest absolute Gasteiger partial charge is 0.490 e. The van der Waals surface area contributed by atoms with E-state index in [1.54, 1.807) is 6.07 Å². The van der Waals surface area contributed by atoms with E-state index in [0.29, 0.717) is 18.6 Å². The van der Waals surface area contributed by atoms with Gasteiger partial charge in [0.1, 0.15) is 11.3 Å². The lowest BCUT2D eigenvalue weighted by atomic mass is 10.0. The quantitative estimate of drug-likeness (QED) is 0.209. The molecule has 0 aliphatic carbocycles. The van der Waals surface area contributed by atoms with E-state index < -0.39 is 11.8 Å². The summed E-state index contributed by atoms with van der Waals surface area (Å²) >= 11 is 0. The van der Waals surface area contributed by atoms with Crippen LogP contribution in [0.25, 0.3) is 22.1 Å².